The van der Waals surface area contributed by atoms with E-state index < -0.39 is 0 Å². The molecular weight excluding hydrogens is 216 g/mol. The summed E-state index contributed by atoms with van der Waals surface area (Å²) in [6.07, 6.45) is 5.19. The number of pyridine rings is 1. The third kappa shape index (κ3) is 2.38. The van der Waals surface area contributed by atoms with Gasteiger partial charge in [0.1, 0.15) is 5.75 Å². The van der Waals surface area contributed by atoms with Crippen LogP contribution in [-0.2, 0) is 7.05 Å². The van der Waals surface area contributed by atoms with E-state index in [1.165, 1.54) is 0 Å². The normalized spacial score (nSPS) is 10.8. The predicted molar refractivity (Wildman–Crippen MR) is 66.6 cm³/mol. The van der Waals surface area contributed by atoms with Crippen molar-refractivity contribution < 1.29 is 4.74 Å². The first kappa shape index (κ1) is 11.4. The second kappa shape index (κ2) is 4.45. The molecule has 0 bridgehead atoms. The molecule has 0 aliphatic carbocycles. The Bertz CT molecular complexity index is 499. The van der Waals surface area contributed by atoms with E-state index >= 15 is 0 Å². The van der Waals surface area contributed by atoms with Crippen LogP contribution in [0.25, 0.3) is 11.3 Å². The van der Waals surface area contributed by atoms with Gasteiger partial charge in [-0.05, 0) is 19.9 Å². The Hall–Kier alpha value is -2.04. The summed E-state index contributed by atoms with van der Waals surface area (Å²) in [5.41, 5.74) is 8.26. The van der Waals surface area contributed by atoms with Gasteiger partial charge in [-0.25, -0.2) is 0 Å². The maximum absolute atomic E-state index is 5.87. The fourth-order valence-corrected chi connectivity index (χ4v) is 1.69. The molecule has 2 aromatic heterocycles. The summed E-state index contributed by atoms with van der Waals surface area (Å²) < 4.78 is 7.33. The Labute approximate surface area is 100 Å². The van der Waals surface area contributed by atoms with Crippen molar-refractivity contribution in [2.45, 2.75) is 20.0 Å². The second-order valence-electron chi connectivity index (χ2n) is 4.15. The molecule has 17 heavy (non-hydrogen) atoms. The molecule has 2 rings (SSSR count). The lowest BCUT2D eigenvalue weighted by Gasteiger charge is -2.10. The maximum Gasteiger partial charge on any atom is 0.138 e. The third-order valence-electron chi connectivity index (χ3n) is 2.33. The Kier molecular flexibility index (Phi) is 2.99. The minimum absolute atomic E-state index is 0.121. The van der Waals surface area contributed by atoms with Crippen molar-refractivity contribution in [3.63, 3.8) is 0 Å². The lowest BCUT2D eigenvalue weighted by Crippen LogP contribution is -2.06. The van der Waals surface area contributed by atoms with Crippen molar-refractivity contribution in [2.75, 3.05) is 5.73 Å². The maximum atomic E-state index is 5.87. The minimum atomic E-state index is 0.121. The predicted octanol–water partition coefficient (Wildman–Crippen LogP) is 1.85. The quantitative estimate of drug-likeness (QED) is 0.877. The first-order valence-electron chi connectivity index (χ1n) is 5.47. The van der Waals surface area contributed by atoms with Crippen molar-refractivity contribution in [1.29, 1.82) is 0 Å². The molecule has 0 spiro atoms. The summed E-state index contributed by atoms with van der Waals surface area (Å²) in [5, 5.41) is 4.11. The van der Waals surface area contributed by atoms with E-state index in [2.05, 4.69) is 10.1 Å². The molecule has 0 saturated carbocycles. The SMILES string of the molecule is CC(C)Oc1cncc(-c2c(N)cnn2C)c1. The summed E-state index contributed by atoms with van der Waals surface area (Å²) >= 11 is 0. The van der Waals surface area contributed by atoms with E-state index in [9.17, 15) is 0 Å². The summed E-state index contributed by atoms with van der Waals surface area (Å²) in [6.45, 7) is 3.95. The van der Waals surface area contributed by atoms with Crippen molar-refractivity contribution in [3.8, 4) is 17.0 Å². The third-order valence-corrected chi connectivity index (χ3v) is 2.33. The number of hydrogen-bond donors (Lipinski definition) is 1. The number of nitrogens with two attached hydrogens (primary N) is 1. The zero-order valence-electron chi connectivity index (χ0n) is 10.2. The molecule has 0 aliphatic heterocycles. The first-order chi connectivity index (χ1) is 8.08. The first-order valence-corrected chi connectivity index (χ1v) is 5.47. The second-order valence-corrected chi connectivity index (χ2v) is 4.15. The van der Waals surface area contributed by atoms with Gasteiger partial charge < -0.3 is 10.5 Å². The molecule has 0 saturated heterocycles. The Morgan fingerprint density at radius 3 is 2.65 bits per heavy atom. The highest BCUT2D eigenvalue weighted by atomic mass is 16.5. The van der Waals surface area contributed by atoms with Gasteiger partial charge in [0.25, 0.3) is 0 Å². The summed E-state index contributed by atoms with van der Waals surface area (Å²) in [5.74, 6) is 0.734. The van der Waals surface area contributed by atoms with E-state index in [-0.39, 0.29) is 6.10 Å². The molecule has 2 N–H and O–H groups in total. The molecule has 5 nitrogen and oxygen atoms in total. The molecule has 0 aromatic carbocycles. The van der Waals surface area contributed by atoms with Crippen LogP contribution in [0.3, 0.4) is 0 Å². The van der Waals surface area contributed by atoms with Crippen molar-refractivity contribution >= 4 is 5.69 Å². The Morgan fingerprint density at radius 2 is 2.06 bits per heavy atom. The van der Waals surface area contributed by atoms with Crippen LogP contribution in [-0.4, -0.2) is 20.9 Å². The number of nitrogen functional groups attached to an aromatic ring is 1. The number of anilines is 1. The number of nitrogens with zero attached hydrogens (tertiary/aromatic N) is 3. The van der Waals surface area contributed by atoms with Crippen LogP contribution in [0.1, 0.15) is 13.8 Å². The monoisotopic (exact) mass is 232 g/mol. The number of hydrogen-bond acceptors (Lipinski definition) is 4. The Morgan fingerprint density at radius 1 is 1.29 bits per heavy atom. The van der Waals surface area contributed by atoms with Crippen LogP contribution in [0.4, 0.5) is 5.69 Å². The van der Waals surface area contributed by atoms with E-state index in [1.807, 2.05) is 27.0 Å². The van der Waals surface area contributed by atoms with Gasteiger partial charge in [-0.1, -0.05) is 0 Å². The van der Waals surface area contributed by atoms with Gasteiger partial charge in [-0.2, -0.15) is 5.10 Å². The summed E-state index contributed by atoms with van der Waals surface area (Å²) in [4.78, 5) is 4.15. The van der Waals surface area contributed by atoms with Gasteiger partial charge in [0, 0.05) is 18.8 Å². The van der Waals surface area contributed by atoms with E-state index in [0.29, 0.717) is 5.69 Å². The van der Waals surface area contributed by atoms with Gasteiger partial charge >= 0.3 is 0 Å². The average Bonchev–Trinajstić information content (AvgIpc) is 2.58. The van der Waals surface area contributed by atoms with E-state index in [1.54, 1.807) is 23.3 Å². The molecule has 2 heterocycles. The highest BCUT2D eigenvalue weighted by molar-refractivity contribution is 5.72. The van der Waals surface area contributed by atoms with Crippen LogP contribution in [0.5, 0.6) is 5.75 Å². The number of ether oxygens (including phenoxy) is 1. The number of rotatable bonds is 3. The molecule has 0 unspecified atom stereocenters. The Balaban J connectivity index is 2.40. The molecule has 90 valence electrons. The molecule has 5 heteroatoms. The fourth-order valence-electron chi connectivity index (χ4n) is 1.69. The van der Waals surface area contributed by atoms with Gasteiger partial charge in [0.15, 0.2) is 0 Å². The minimum Gasteiger partial charge on any atom is -0.489 e. The van der Waals surface area contributed by atoms with Crippen LogP contribution in [0.2, 0.25) is 0 Å². The fraction of sp³-hybridized carbons (Fsp3) is 0.333. The lowest BCUT2D eigenvalue weighted by molar-refractivity contribution is 0.241. The molecule has 2 aromatic rings. The topological polar surface area (TPSA) is 66.0 Å². The van der Waals surface area contributed by atoms with Crippen LogP contribution < -0.4 is 10.5 Å². The van der Waals surface area contributed by atoms with Crippen molar-refractivity contribution in [2.24, 2.45) is 7.05 Å². The largest absolute Gasteiger partial charge is 0.489 e. The van der Waals surface area contributed by atoms with E-state index in [0.717, 1.165) is 17.0 Å². The lowest BCUT2D eigenvalue weighted by atomic mass is 10.2. The van der Waals surface area contributed by atoms with Crippen molar-refractivity contribution in [1.82, 2.24) is 14.8 Å². The number of aromatic nitrogens is 3. The van der Waals surface area contributed by atoms with E-state index in [4.69, 9.17) is 10.5 Å². The van der Waals surface area contributed by atoms with Crippen molar-refractivity contribution in [3.05, 3.63) is 24.7 Å². The number of aryl methyl sites for hydroxylation is 1. The summed E-state index contributed by atoms with van der Waals surface area (Å²) in [6, 6.07) is 1.92. The molecule has 0 fully saturated rings. The molecule has 0 atom stereocenters. The molecule has 0 aliphatic rings. The van der Waals surface area contributed by atoms with Crippen LogP contribution >= 0.6 is 0 Å². The van der Waals surface area contributed by atoms with Gasteiger partial charge in [-0.15, -0.1) is 0 Å². The highest BCUT2D eigenvalue weighted by Gasteiger charge is 2.10. The standard InChI is InChI=1S/C12H16N4O/c1-8(2)17-10-4-9(5-14-6-10)12-11(13)7-15-16(12)3/h4-8H,13H2,1-3H3. The zero-order valence-corrected chi connectivity index (χ0v) is 10.2. The van der Waals surface area contributed by atoms with Crippen LogP contribution in [0.15, 0.2) is 24.7 Å². The highest BCUT2D eigenvalue weighted by Crippen LogP contribution is 2.27. The van der Waals surface area contributed by atoms with Gasteiger partial charge in [0.2, 0.25) is 0 Å². The van der Waals surface area contributed by atoms with Gasteiger partial charge in [-0.3, -0.25) is 9.67 Å². The molecular formula is C12H16N4O. The van der Waals surface area contributed by atoms with Gasteiger partial charge in [0.05, 0.1) is 29.9 Å². The smallest absolute Gasteiger partial charge is 0.138 e. The zero-order chi connectivity index (χ0) is 12.4. The molecule has 0 radical (unpaired) electrons. The van der Waals surface area contributed by atoms with Crippen LogP contribution in [0, 0.1) is 0 Å². The summed E-state index contributed by atoms with van der Waals surface area (Å²) in [7, 11) is 1.85. The average molecular weight is 232 g/mol. The molecule has 0 amide bonds.